The summed E-state index contributed by atoms with van der Waals surface area (Å²) < 4.78 is 15.4. The van der Waals surface area contributed by atoms with E-state index in [0.717, 1.165) is 0 Å². The van der Waals surface area contributed by atoms with Crippen molar-refractivity contribution in [2.24, 2.45) is 5.92 Å². The van der Waals surface area contributed by atoms with Crippen molar-refractivity contribution in [1.82, 2.24) is 0 Å². The fraction of sp³-hybridized carbons (Fsp3) is 0.529. The van der Waals surface area contributed by atoms with Gasteiger partial charge in [-0.15, -0.1) is 0 Å². The Bertz CT molecular complexity index is 486. The molecule has 0 aromatic heterocycles. The number of carbonyl (C=O) groups excluding carboxylic acids is 2. The van der Waals surface area contributed by atoms with E-state index >= 15 is 0 Å². The molecule has 23 heavy (non-hydrogen) atoms. The van der Waals surface area contributed by atoms with Crippen molar-refractivity contribution in [3.63, 3.8) is 0 Å². The summed E-state index contributed by atoms with van der Waals surface area (Å²) in [6.45, 7) is 4.35. The second-order valence-electron chi connectivity index (χ2n) is 4.83. The molecule has 0 aliphatic heterocycles. The van der Waals surface area contributed by atoms with Crippen molar-refractivity contribution in [1.29, 1.82) is 0 Å². The Morgan fingerprint density at radius 3 is 2.22 bits per heavy atom. The Balaban J connectivity index is 2.38. The van der Waals surface area contributed by atoms with Crippen LogP contribution in [0.2, 0.25) is 5.02 Å². The minimum atomic E-state index is -0.866. The summed E-state index contributed by atoms with van der Waals surface area (Å²) in [5, 5.41) is 0.559. The van der Waals surface area contributed by atoms with E-state index in [-0.39, 0.29) is 13.2 Å². The van der Waals surface area contributed by atoms with Crippen LogP contribution in [-0.4, -0.2) is 31.8 Å². The highest BCUT2D eigenvalue weighted by atomic mass is 35.5. The molecule has 1 aromatic carbocycles. The second-order valence-corrected chi connectivity index (χ2v) is 5.24. The van der Waals surface area contributed by atoms with Gasteiger partial charge in [0.2, 0.25) is 0 Å². The van der Waals surface area contributed by atoms with Gasteiger partial charge in [-0.25, -0.2) is 0 Å². The summed E-state index contributed by atoms with van der Waals surface area (Å²) in [4.78, 5) is 23.6. The zero-order valence-corrected chi connectivity index (χ0v) is 14.3. The molecule has 0 N–H and O–H groups in total. The minimum absolute atomic E-state index is 0.240. The summed E-state index contributed by atoms with van der Waals surface area (Å²) in [7, 11) is 0. The predicted molar refractivity (Wildman–Crippen MR) is 87.6 cm³/mol. The molecular weight excluding hydrogens is 320 g/mol. The summed E-state index contributed by atoms with van der Waals surface area (Å²) >= 11 is 5.99. The van der Waals surface area contributed by atoms with Crippen LogP contribution in [0.15, 0.2) is 24.3 Å². The number of halogens is 1. The van der Waals surface area contributed by atoms with E-state index in [0.29, 0.717) is 36.6 Å². The number of carbonyl (C=O) groups is 2. The maximum atomic E-state index is 11.8. The Labute approximate surface area is 141 Å². The Kier molecular flexibility index (Phi) is 9.14. The zero-order chi connectivity index (χ0) is 17.1. The van der Waals surface area contributed by atoms with Gasteiger partial charge in [-0.2, -0.15) is 0 Å². The first-order chi connectivity index (χ1) is 11.1. The van der Waals surface area contributed by atoms with Crippen molar-refractivity contribution < 1.29 is 23.8 Å². The number of para-hydroxylation sites is 1. The van der Waals surface area contributed by atoms with Gasteiger partial charge in [0, 0.05) is 0 Å². The molecular formula is C17H23ClO5. The normalized spacial score (nSPS) is 10.4. The molecule has 1 aromatic rings. The summed E-state index contributed by atoms with van der Waals surface area (Å²) in [6, 6.07) is 7.23. The summed E-state index contributed by atoms with van der Waals surface area (Å²) in [6.07, 6.45) is 1.72. The van der Waals surface area contributed by atoms with E-state index in [1.54, 1.807) is 26.0 Å². The number of ether oxygens (including phenoxy) is 3. The number of rotatable bonds is 10. The lowest BCUT2D eigenvalue weighted by Crippen LogP contribution is -2.28. The van der Waals surface area contributed by atoms with E-state index in [9.17, 15) is 9.59 Å². The molecule has 0 fully saturated rings. The standard InChI is InChI=1S/C17H23ClO5/c1-3-21-16(19)13(17(20)22-4-2)9-7-8-12-23-15-11-6-5-10-14(15)18/h5-6,10-11,13H,3-4,7-9,12H2,1-2H3. The molecule has 5 nitrogen and oxygen atoms in total. The quantitative estimate of drug-likeness (QED) is 0.369. The Morgan fingerprint density at radius 2 is 1.65 bits per heavy atom. The van der Waals surface area contributed by atoms with Gasteiger partial charge in [0.05, 0.1) is 24.8 Å². The Morgan fingerprint density at radius 1 is 1.04 bits per heavy atom. The van der Waals surface area contributed by atoms with Crippen LogP contribution in [0.4, 0.5) is 0 Å². The maximum Gasteiger partial charge on any atom is 0.320 e. The van der Waals surface area contributed by atoms with Gasteiger partial charge in [-0.1, -0.05) is 23.7 Å². The zero-order valence-electron chi connectivity index (χ0n) is 13.5. The van der Waals surface area contributed by atoms with E-state index < -0.39 is 17.9 Å². The Hall–Kier alpha value is -1.75. The van der Waals surface area contributed by atoms with Crippen LogP contribution in [-0.2, 0) is 19.1 Å². The first-order valence-corrected chi connectivity index (χ1v) is 8.18. The fourth-order valence-electron chi connectivity index (χ4n) is 2.01. The van der Waals surface area contributed by atoms with Crippen LogP contribution in [0.5, 0.6) is 5.75 Å². The first-order valence-electron chi connectivity index (χ1n) is 7.80. The van der Waals surface area contributed by atoms with Crippen LogP contribution < -0.4 is 4.74 Å². The van der Waals surface area contributed by atoms with Crippen molar-refractivity contribution in [3.05, 3.63) is 29.3 Å². The lowest BCUT2D eigenvalue weighted by Gasteiger charge is -2.14. The first kappa shape index (κ1) is 19.3. The highest BCUT2D eigenvalue weighted by molar-refractivity contribution is 6.32. The van der Waals surface area contributed by atoms with E-state index in [4.69, 9.17) is 25.8 Å². The van der Waals surface area contributed by atoms with Crippen molar-refractivity contribution >= 4 is 23.5 Å². The second kappa shape index (κ2) is 10.9. The number of hydrogen-bond acceptors (Lipinski definition) is 5. The molecule has 128 valence electrons. The highest BCUT2D eigenvalue weighted by Gasteiger charge is 2.28. The molecule has 0 unspecified atom stereocenters. The molecule has 0 atom stereocenters. The van der Waals surface area contributed by atoms with Gasteiger partial charge in [-0.3, -0.25) is 9.59 Å². The van der Waals surface area contributed by atoms with Crippen LogP contribution >= 0.6 is 11.6 Å². The highest BCUT2D eigenvalue weighted by Crippen LogP contribution is 2.23. The number of unbranched alkanes of at least 4 members (excludes halogenated alkanes) is 1. The molecule has 1 rings (SSSR count). The van der Waals surface area contributed by atoms with Gasteiger partial charge >= 0.3 is 11.9 Å². The van der Waals surface area contributed by atoms with Crippen LogP contribution in [0, 0.1) is 5.92 Å². The minimum Gasteiger partial charge on any atom is -0.492 e. The van der Waals surface area contributed by atoms with Gasteiger partial charge in [-0.05, 0) is 45.2 Å². The van der Waals surface area contributed by atoms with E-state index in [2.05, 4.69) is 0 Å². The number of esters is 2. The third kappa shape index (κ3) is 6.91. The predicted octanol–water partition coefficient (Wildman–Crippen LogP) is 3.63. The molecule has 0 amide bonds. The largest absolute Gasteiger partial charge is 0.492 e. The molecule has 0 saturated heterocycles. The van der Waals surface area contributed by atoms with Crippen LogP contribution in [0.3, 0.4) is 0 Å². The van der Waals surface area contributed by atoms with E-state index in [1.165, 1.54) is 0 Å². The van der Waals surface area contributed by atoms with Gasteiger partial charge in [0.1, 0.15) is 5.75 Å². The average molecular weight is 343 g/mol. The molecule has 0 heterocycles. The maximum absolute atomic E-state index is 11.8. The monoisotopic (exact) mass is 342 g/mol. The van der Waals surface area contributed by atoms with Gasteiger partial charge in [0.15, 0.2) is 5.92 Å². The molecule has 0 radical (unpaired) electrons. The number of hydrogen-bond donors (Lipinski definition) is 0. The topological polar surface area (TPSA) is 61.8 Å². The smallest absolute Gasteiger partial charge is 0.320 e. The third-order valence-electron chi connectivity index (χ3n) is 3.12. The van der Waals surface area contributed by atoms with Gasteiger partial charge in [0.25, 0.3) is 0 Å². The number of benzene rings is 1. The third-order valence-corrected chi connectivity index (χ3v) is 3.44. The molecule has 0 bridgehead atoms. The SMILES string of the molecule is CCOC(=O)C(CCCCOc1ccccc1Cl)C(=O)OCC. The molecule has 6 heteroatoms. The van der Waals surface area contributed by atoms with Crippen molar-refractivity contribution in [2.75, 3.05) is 19.8 Å². The lowest BCUT2D eigenvalue weighted by atomic mass is 10.0. The summed E-state index contributed by atoms with van der Waals surface area (Å²) in [5.74, 6) is -1.30. The summed E-state index contributed by atoms with van der Waals surface area (Å²) in [5.41, 5.74) is 0. The molecule has 0 aliphatic carbocycles. The molecule has 0 saturated carbocycles. The van der Waals surface area contributed by atoms with Crippen LogP contribution in [0.1, 0.15) is 33.1 Å². The van der Waals surface area contributed by atoms with Gasteiger partial charge < -0.3 is 14.2 Å². The van der Waals surface area contributed by atoms with Crippen molar-refractivity contribution in [2.45, 2.75) is 33.1 Å². The molecule has 0 aliphatic rings. The van der Waals surface area contributed by atoms with Crippen LogP contribution in [0.25, 0.3) is 0 Å². The van der Waals surface area contributed by atoms with Crippen molar-refractivity contribution in [3.8, 4) is 5.75 Å². The lowest BCUT2D eigenvalue weighted by molar-refractivity contribution is -0.162. The average Bonchev–Trinajstić information content (AvgIpc) is 2.52. The van der Waals surface area contributed by atoms with E-state index in [1.807, 2.05) is 12.1 Å². The molecule has 0 spiro atoms. The fourth-order valence-corrected chi connectivity index (χ4v) is 2.20.